The lowest BCUT2D eigenvalue weighted by atomic mass is 9.96. The fourth-order valence-electron chi connectivity index (χ4n) is 4.65. The molecule has 0 saturated carbocycles. The Balaban J connectivity index is 1.58. The minimum absolute atomic E-state index is 0.198. The van der Waals surface area contributed by atoms with Gasteiger partial charge in [0, 0.05) is 18.8 Å². The zero-order valence-corrected chi connectivity index (χ0v) is 21.9. The lowest BCUT2D eigenvalue weighted by Gasteiger charge is -2.28. The molecule has 0 unspecified atom stereocenters. The number of allylic oxidation sites excluding steroid dienone is 1. The van der Waals surface area contributed by atoms with Crippen LogP contribution >= 0.6 is 11.3 Å². The number of hydrogen-bond acceptors (Lipinski definition) is 8. The number of rotatable bonds is 6. The number of morpholine rings is 1. The first-order valence-corrected chi connectivity index (χ1v) is 13.1. The third-order valence-electron chi connectivity index (χ3n) is 6.52. The number of hydrogen-bond donors (Lipinski definition) is 0. The molecule has 1 fully saturated rings. The number of fused-ring (bicyclic) bond motifs is 1. The van der Waals surface area contributed by atoms with Crippen molar-refractivity contribution >= 4 is 29.1 Å². The first-order chi connectivity index (χ1) is 18.0. The second-order valence-corrected chi connectivity index (χ2v) is 9.78. The number of anilines is 1. The van der Waals surface area contributed by atoms with E-state index in [1.54, 1.807) is 25.5 Å². The standard InChI is InChI=1S/C28H29N3O5S/c1-4-36-27(33)24-18(2)29-28-31(25(24)20-7-11-22(34-3)12-8-20)26(32)23(37-28)17-19-5-9-21(10-6-19)30-13-15-35-16-14-30/h5-12,17,25H,4,13-16H2,1-3H3/b23-17+/t25-/m1/s1. The van der Waals surface area contributed by atoms with Gasteiger partial charge in [0.2, 0.25) is 0 Å². The van der Waals surface area contributed by atoms with Gasteiger partial charge in [0.15, 0.2) is 4.80 Å². The maximum Gasteiger partial charge on any atom is 0.338 e. The third kappa shape index (κ3) is 4.97. The minimum atomic E-state index is -0.646. The predicted octanol–water partition coefficient (Wildman–Crippen LogP) is 2.64. The molecule has 3 heterocycles. The second-order valence-electron chi connectivity index (χ2n) is 8.77. The summed E-state index contributed by atoms with van der Waals surface area (Å²) < 4.78 is 18.2. The molecule has 2 aromatic carbocycles. The van der Waals surface area contributed by atoms with Gasteiger partial charge in [-0.3, -0.25) is 9.36 Å². The number of ether oxygens (including phenoxy) is 3. The number of thiazole rings is 1. The second kappa shape index (κ2) is 10.7. The Kier molecular flexibility index (Phi) is 7.25. The molecule has 0 amide bonds. The van der Waals surface area contributed by atoms with Gasteiger partial charge in [-0.2, -0.15) is 0 Å². The van der Waals surface area contributed by atoms with E-state index in [2.05, 4.69) is 22.0 Å². The van der Waals surface area contributed by atoms with Crippen molar-refractivity contribution in [3.05, 3.63) is 90.6 Å². The third-order valence-corrected chi connectivity index (χ3v) is 7.50. The van der Waals surface area contributed by atoms with Crippen LogP contribution in [-0.2, 0) is 14.3 Å². The molecular formula is C28H29N3O5S. The molecule has 1 aromatic heterocycles. The average Bonchev–Trinajstić information content (AvgIpc) is 3.23. The number of benzene rings is 2. The number of nitrogens with zero attached hydrogens (tertiary/aromatic N) is 3. The number of carbonyl (C=O) groups excluding carboxylic acids is 1. The summed E-state index contributed by atoms with van der Waals surface area (Å²) in [4.78, 5) is 34.2. The summed E-state index contributed by atoms with van der Waals surface area (Å²) in [5, 5.41) is 0. The Hall–Kier alpha value is -3.69. The van der Waals surface area contributed by atoms with Crippen molar-refractivity contribution in [2.24, 2.45) is 4.99 Å². The summed E-state index contributed by atoms with van der Waals surface area (Å²) in [5.74, 6) is 0.215. The van der Waals surface area contributed by atoms with E-state index in [4.69, 9.17) is 14.2 Å². The fraction of sp³-hybridized carbons (Fsp3) is 0.321. The number of esters is 1. The Morgan fingerprint density at radius 3 is 2.49 bits per heavy atom. The van der Waals surface area contributed by atoms with Crippen molar-refractivity contribution in [1.82, 2.24) is 4.57 Å². The molecule has 37 heavy (non-hydrogen) atoms. The van der Waals surface area contributed by atoms with Gasteiger partial charge in [0.1, 0.15) is 5.75 Å². The molecule has 1 atom stereocenters. The quantitative estimate of drug-likeness (QED) is 0.466. The zero-order chi connectivity index (χ0) is 25.9. The Morgan fingerprint density at radius 1 is 1.14 bits per heavy atom. The maximum absolute atomic E-state index is 13.7. The highest BCUT2D eigenvalue weighted by Crippen LogP contribution is 2.31. The lowest BCUT2D eigenvalue weighted by Crippen LogP contribution is -2.39. The van der Waals surface area contributed by atoms with Crippen molar-refractivity contribution in [1.29, 1.82) is 0 Å². The van der Waals surface area contributed by atoms with Crippen LogP contribution in [0.5, 0.6) is 5.75 Å². The monoisotopic (exact) mass is 519 g/mol. The van der Waals surface area contributed by atoms with E-state index in [0.717, 1.165) is 43.1 Å². The van der Waals surface area contributed by atoms with E-state index in [1.165, 1.54) is 11.3 Å². The smallest absolute Gasteiger partial charge is 0.338 e. The number of carbonyl (C=O) groups is 1. The molecule has 9 heteroatoms. The van der Waals surface area contributed by atoms with Crippen LogP contribution in [0.15, 0.2) is 69.6 Å². The van der Waals surface area contributed by atoms with Gasteiger partial charge in [-0.15, -0.1) is 0 Å². The van der Waals surface area contributed by atoms with Gasteiger partial charge >= 0.3 is 5.97 Å². The molecule has 0 spiro atoms. The highest BCUT2D eigenvalue weighted by atomic mass is 32.1. The maximum atomic E-state index is 13.7. The van der Waals surface area contributed by atoms with Crippen molar-refractivity contribution < 1.29 is 19.0 Å². The average molecular weight is 520 g/mol. The molecule has 0 radical (unpaired) electrons. The summed E-state index contributed by atoms with van der Waals surface area (Å²) in [7, 11) is 1.60. The summed E-state index contributed by atoms with van der Waals surface area (Å²) in [5.41, 5.74) is 3.54. The van der Waals surface area contributed by atoms with Gasteiger partial charge in [0.05, 0.1) is 48.8 Å². The molecule has 1 saturated heterocycles. The molecule has 2 aliphatic rings. The van der Waals surface area contributed by atoms with Gasteiger partial charge < -0.3 is 19.1 Å². The zero-order valence-electron chi connectivity index (χ0n) is 21.1. The van der Waals surface area contributed by atoms with E-state index < -0.39 is 12.0 Å². The highest BCUT2D eigenvalue weighted by molar-refractivity contribution is 7.07. The van der Waals surface area contributed by atoms with Crippen LogP contribution in [0.3, 0.4) is 0 Å². The Labute approximate surface area is 218 Å². The van der Waals surface area contributed by atoms with E-state index >= 15 is 0 Å². The SMILES string of the molecule is CCOC(=O)C1=C(C)N=c2s/c(=C/c3ccc(N4CCOCC4)cc3)c(=O)n2[C@@H]1c1ccc(OC)cc1. The predicted molar refractivity (Wildman–Crippen MR) is 143 cm³/mol. The summed E-state index contributed by atoms with van der Waals surface area (Å²) in [6.45, 7) is 6.96. The Bertz CT molecular complexity index is 1500. The van der Waals surface area contributed by atoms with Crippen LogP contribution in [0.4, 0.5) is 5.69 Å². The summed E-state index contributed by atoms with van der Waals surface area (Å²) >= 11 is 1.32. The van der Waals surface area contributed by atoms with Crippen molar-refractivity contribution in [2.45, 2.75) is 19.9 Å². The molecule has 5 rings (SSSR count). The van der Waals surface area contributed by atoms with E-state index in [1.807, 2.05) is 42.5 Å². The van der Waals surface area contributed by atoms with Crippen LogP contribution in [-0.4, -0.2) is 50.6 Å². The highest BCUT2D eigenvalue weighted by Gasteiger charge is 2.33. The lowest BCUT2D eigenvalue weighted by molar-refractivity contribution is -0.139. The normalized spacial score (nSPS) is 17.9. The van der Waals surface area contributed by atoms with Crippen molar-refractivity contribution in [3.8, 4) is 5.75 Å². The topological polar surface area (TPSA) is 82.4 Å². The Morgan fingerprint density at radius 2 is 1.84 bits per heavy atom. The van der Waals surface area contributed by atoms with Gasteiger partial charge in [0.25, 0.3) is 5.56 Å². The van der Waals surface area contributed by atoms with Crippen LogP contribution in [0.1, 0.15) is 31.0 Å². The molecule has 8 nitrogen and oxygen atoms in total. The number of aromatic nitrogens is 1. The van der Waals surface area contributed by atoms with Gasteiger partial charge in [-0.1, -0.05) is 35.6 Å². The van der Waals surface area contributed by atoms with Crippen LogP contribution in [0, 0.1) is 0 Å². The number of methoxy groups -OCH3 is 1. The molecule has 0 aliphatic carbocycles. The van der Waals surface area contributed by atoms with E-state index in [9.17, 15) is 9.59 Å². The van der Waals surface area contributed by atoms with Crippen molar-refractivity contribution in [3.63, 3.8) is 0 Å². The molecule has 192 valence electrons. The van der Waals surface area contributed by atoms with Crippen LogP contribution in [0.2, 0.25) is 0 Å². The van der Waals surface area contributed by atoms with Crippen molar-refractivity contribution in [2.75, 3.05) is 44.9 Å². The van der Waals surface area contributed by atoms with E-state index in [-0.39, 0.29) is 12.2 Å². The van der Waals surface area contributed by atoms with Crippen LogP contribution in [0.25, 0.3) is 6.08 Å². The molecule has 3 aromatic rings. The molecule has 0 N–H and O–H groups in total. The summed E-state index contributed by atoms with van der Waals surface area (Å²) in [6.07, 6.45) is 1.88. The summed E-state index contributed by atoms with van der Waals surface area (Å²) in [6, 6.07) is 14.9. The largest absolute Gasteiger partial charge is 0.497 e. The first-order valence-electron chi connectivity index (χ1n) is 12.3. The van der Waals surface area contributed by atoms with Gasteiger partial charge in [-0.25, -0.2) is 9.79 Å². The van der Waals surface area contributed by atoms with Gasteiger partial charge in [-0.05, 0) is 55.3 Å². The fourth-order valence-corrected chi connectivity index (χ4v) is 5.69. The van der Waals surface area contributed by atoms with E-state index in [0.29, 0.717) is 26.4 Å². The molecule has 0 bridgehead atoms. The first kappa shape index (κ1) is 25.0. The minimum Gasteiger partial charge on any atom is -0.497 e. The van der Waals surface area contributed by atoms with Crippen LogP contribution < -0.4 is 24.5 Å². The molecule has 2 aliphatic heterocycles. The molecular weight excluding hydrogens is 490 g/mol.